The summed E-state index contributed by atoms with van der Waals surface area (Å²) in [5.74, 6) is 0. The molecular weight excluding hydrogens is 311 g/mol. The van der Waals surface area contributed by atoms with Gasteiger partial charge in [-0.3, -0.25) is 4.90 Å². The zero-order chi connectivity index (χ0) is 11.0. The monoisotopic (exact) mass is 328 g/mol. The van der Waals surface area contributed by atoms with Gasteiger partial charge >= 0.3 is 0 Å². The Kier molecular flexibility index (Phi) is 3.18. The molecule has 0 radical (unpaired) electrons. The van der Waals surface area contributed by atoms with Gasteiger partial charge in [0.15, 0.2) is 0 Å². The average molecular weight is 328 g/mol. The van der Waals surface area contributed by atoms with Crippen molar-refractivity contribution in [1.29, 1.82) is 0 Å². The summed E-state index contributed by atoms with van der Waals surface area (Å²) >= 11 is 2.44. The lowest BCUT2D eigenvalue weighted by atomic mass is 10.1. The van der Waals surface area contributed by atoms with Crippen molar-refractivity contribution in [2.45, 2.75) is 18.9 Å². The Bertz CT molecular complexity index is 347. The molecule has 1 aromatic rings. The van der Waals surface area contributed by atoms with Gasteiger partial charge in [0.05, 0.1) is 0 Å². The molecule has 0 N–H and O–H groups in total. The maximum atomic E-state index is 2.68. The lowest BCUT2D eigenvalue weighted by Crippen LogP contribution is -2.47. The topological polar surface area (TPSA) is 6.48 Å². The van der Waals surface area contributed by atoms with E-state index in [2.05, 4.69) is 55.1 Å². The van der Waals surface area contributed by atoms with Crippen LogP contribution in [0.25, 0.3) is 0 Å². The fourth-order valence-electron chi connectivity index (χ4n) is 2.86. The molecule has 1 saturated heterocycles. The first kappa shape index (κ1) is 11.0. The van der Waals surface area contributed by atoms with Crippen LogP contribution in [0, 0.1) is 0 Å². The molecule has 2 aliphatic rings. The van der Waals surface area contributed by atoms with Gasteiger partial charge in [0.1, 0.15) is 0 Å². The first-order valence-electron chi connectivity index (χ1n) is 6.04. The summed E-state index contributed by atoms with van der Waals surface area (Å²) in [6, 6.07) is 9.70. The van der Waals surface area contributed by atoms with Gasteiger partial charge in [0, 0.05) is 55.1 Å². The summed E-state index contributed by atoms with van der Waals surface area (Å²) in [6.45, 7) is 4.91. The maximum absolute atomic E-state index is 2.68. The fourth-order valence-corrected chi connectivity index (χ4v) is 3.29. The van der Waals surface area contributed by atoms with Crippen molar-refractivity contribution >= 4 is 22.9 Å². The summed E-state index contributed by atoms with van der Waals surface area (Å²) < 4.78 is 2.40. The van der Waals surface area contributed by atoms with Gasteiger partial charge in [-0.15, -0.1) is 0 Å². The van der Waals surface area contributed by atoms with Gasteiger partial charge in [-0.05, 0) is 24.0 Å². The minimum atomic E-state index is 0.766. The van der Waals surface area contributed by atoms with Crippen LogP contribution in [0.2, 0.25) is 0 Å². The highest BCUT2D eigenvalue weighted by molar-refractivity contribution is 14.1. The van der Waals surface area contributed by atoms with Gasteiger partial charge in [-0.1, -0.05) is 24.3 Å². The summed E-state index contributed by atoms with van der Waals surface area (Å²) in [5.41, 5.74) is 3.15. The average Bonchev–Trinajstić information content (AvgIpc) is 2.73. The molecule has 0 unspecified atom stereocenters. The number of rotatable bonds is 1. The molecule has 2 nitrogen and oxygen atoms in total. The Morgan fingerprint density at radius 2 is 1.50 bits per heavy atom. The quantitative estimate of drug-likeness (QED) is 0.576. The third kappa shape index (κ3) is 2.13. The molecule has 1 aromatic carbocycles. The van der Waals surface area contributed by atoms with E-state index < -0.39 is 0 Å². The van der Waals surface area contributed by atoms with Crippen molar-refractivity contribution in [3.63, 3.8) is 0 Å². The molecule has 0 amide bonds. The van der Waals surface area contributed by atoms with Crippen LogP contribution in [0.4, 0.5) is 0 Å². The summed E-state index contributed by atoms with van der Waals surface area (Å²) in [6.07, 6.45) is 2.52. The van der Waals surface area contributed by atoms with E-state index in [0.29, 0.717) is 0 Å². The van der Waals surface area contributed by atoms with E-state index in [9.17, 15) is 0 Å². The molecule has 86 valence electrons. The molecule has 3 heteroatoms. The number of nitrogens with zero attached hydrogens (tertiary/aromatic N) is 2. The third-order valence-corrected chi connectivity index (χ3v) is 4.77. The number of fused-ring (bicyclic) bond motifs is 1. The van der Waals surface area contributed by atoms with E-state index in [1.165, 1.54) is 39.0 Å². The van der Waals surface area contributed by atoms with Crippen molar-refractivity contribution < 1.29 is 0 Å². The molecule has 1 heterocycles. The molecule has 0 atom stereocenters. The summed E-state index contributed by atoms with van der Waals surface area (Å²) in [5, 5.41) is 0. The van der Waals surface area contributed by atoms with Crippen molar-refractivity contribution in [2.75, 3.05) is 26.2 Å². The smallest absolute Gasteiger partial charge is 0.0209 e. The minimum absolute atomic E-state index is 0.766. The molecule has 1 fully saturated rings. The maximum Gasteiger partial charge on any atom is 0.0209 e. The highest BCUT2D eigenvalue weighted by Crippen LogP contribution is 2.26. The van der Waals surface area contributed by atoms with Crippen LogP contribution in [0.5, 0.6) is 0 Å². The largest absolute Gasteiger partial charge is 0.297 e. The Morgan fingerprint density at radius 1 is 0.938 bits per heavy atom. The molecule has 0 saturated carbocycles. The van der Waals surface area contributed by atoms with E-state index >= 15 is 0 Å². The second-order valence-corrected chi connectivity index (χ2v) is 6.14. The zero-order valence-corrected chi connectivity index (χ0v) is 11.6. The van der Waals surface area contributed by atoms with Crippen LogP contribution >= 0.6 is 22.9 Å². The molecule has 1 aliphatic carbocycles. The number of hydrogen-bond donors (Lipinski definition) is 0. The molecule has 0 bridgehead atoms. The van der Waals surface area contributed by atoms with Crippen LogP contribution in [-0.4, -0.2) is 40.2 Å². The Balaban J connectivity index is 1.67. The van der Waals surface area contributed by atoms with Gasteiger partial charge in [-0.2, -0.15) is 0 Å². The van der Waals surface area contributed by atoms with Crippen LogP contribution in [-0.2, 0) is 12.8 Å². The van der Waals surface area contributed by atoms with E-state index in [0.717, 1.165) is 6.04 Å². The molecule has 0 aromatic heterocycles. The Labute approximate surface area is 111 Å². The lowest BCUT2D eigenvalue weighted by molar-refractivity contribution is 0.152. The standard InChI is InChI=1S/C13H17IN2/c14-16-7-5-15(6-8-16)13-9-11-3-1-2-4-12(11)10-13/h1-4,13H,5-10H2. The van der Waals surface area contributed by atoms with Crippen molar-refractivity contribution in [1.82, 2.24) is 8.01 Å². The van der Waals surface area contributed by atoms with Crippen LogP contribution < -0.4 is 0 Å². The predicted molar refractivity (Wildman–Crippen MR) is 74.8 cm³/mol. The normalized spacial score (nSPS) is 23.6. The van der Waals surface area contributed by atoms with Crippen LogP contribution in [0.15, 0.2) is 24.3 Å². The van der Waals surface area contributed by atoms with Gasteiger partial charge < -0.3 is 0 Å². The summed E-state index contributed by atoms with van der Waals surface area (Å²) in [7, 11) is 0. The van der Waals surface area contributed by atoms with E-state index in [-0.39, 0.29) is 0 Å². The fraction of sp³-hybridized carbons (Fsp3) is 0.538. The Morgan fingerprint density at radius 3 is 2.06 bits per heavy atom. The molecule has 16 heavy (non-hydrogen) atoms. The van der Waals surface area contributed by atoms with E-state index in [1.54, 1.807) is 11.1 Å². The zero-order valence-electron chi connectivity index (χ0n) is 9.40. The van der Waals surface area contributed by atoms with Gasteiger partial charge in [-0.25, -0.2) is 3.11 Å². The van der Waals surface area contributed by atoms with E-state index in [4.69, 9.17) is 0 Å². The third-order valence-electron chi connectivity index (χ3n) is 3.81. The minimum Gasteiger partial charge on any atom is -0.297 e. The number of piperazine rings is 1. The first-order chi connectivity index (χ1) is 7.83. The highest BCUT2D eigenvalue weighted by Gasteiger charge is 2.28. The number of benzene rings is 1. The van der Waals surface area contributed by atoms with Gasteiger partial charge in [0.25, 0.3) is 0 Å². The highest BCUT2D eigenvalue weighted by atomic mass is 127. The molecule has 3 rings (SSSR count). The number of hydrogen-bond acceptors (Lipinski definition) is 2. The van der Waals surface area contributed by atoms with Crippen LogP contribution in [0.3, 0.4) is 0 Å². The van der Waals surface area contributed by atoms with Crippen molar-refractivity contribution in [2.24, 2.45) is 0 Å². The summed E-state index contributed by atoms with van der Waals surface area (Å²) in [4.78, 5) is 2.68. The van der Waals surface area contributed by atoms with Crippen LogP contribution in [0.1, 0.15) is 11.1 Å². The SMILES string of the molecule is IN1CCN(C2Cc3ccccc3C2)CC1. The van der Waals surface area contributed by atoms with Gasteiger partial charge in [0.2, 0.25) is 0 Å². The predicted octanol–water partition coefficient (Wildman–Crippen LogP) is 2.12. The molecule has 1 aliphatic heterocycles. The second-order valence-electron chi connectivity index (χ2n) is 4.78. The number of halogens is 1. The lowest BCUT2D eigenvalue weighted by Gasteiger charge is -2.35. The molecular formula is C13H17IN2. The molecule has 0 spiro atoms. The first-order valence-corrected chi connectivity index (χ1v) is 7.01. The van der Waals surface area contributed by atoms with Crippen molar-refractivity contribution in [3.8, 4) is 0 Å². The van der Waals surface area contributed by atoms with Crippen molar-refractivity contribution in [3.05, 3.63) is 35.4 Å². The second kappa shape index (κ2) is 4.63. The van der Waals surface area contributed by atoms with E-state index in [1.807, 2.05) is 0 Å². The Hall–Kier alpha value is -0.130.